The number of carbonyl (C=O) groups excluding carboxylic acids is 1. The van der Waals surface area contributed by atoms with E-state index in [-0.39, 0.29) is 0 Å². The average Bonchev–Trinajstić information content (AvgIpc) is 2.12. The third-order valence-corrected chi connectivity index (χ3v) is 2.73. The standard InChI is InChI=1S/C5H9NO7P/c1-12-5(9)6-3(4(7)8)14(10,11)13-2/h3H,1H2,2H3,(H,6,9)(H,7,8)(H,10,11). The van der Waals surface area contributed by atoms with Crippen molar-refractivity contribution in [3.8, 4) is 0 Å². The molecule has 0 aliphatic rings. The summed E-state index contributed by atoms with van der Waals surface area (Å²) in [4.78, 5) is 30.0. The predicted octanol–water partition coefficient (Wildman–Crippen LogP) is -0.253. The fraction of sp³-hybridized carbons (Fsp3) is 0.400. The van der Waals surface area contributed by atoms with Crippen LogP contribution in [0.1, 0.15) is 0 Å². The fourth-order valence-corrected chi connectivity index (χ4v) is 1.30. The number of aliphatic carboxylic acids is 1. The lowest BCUT2D eigenvalue weighted by atomic mass is 10.6. The van der Waals surface area contributed by atoms with Gasteiger partial charge in [-0.15, -0.1) is 0 Å². The van der Waals surface area contributed by atoms with Gasteiger partial charge in [0.25, 0.3) is 0 Å². The van der Waals surface area contributed by atoms with Gasteiger partial charge in [-0.1, -0.05) is 0 Å². The minimum Gasteiger partial charge on any atom is -0.479 e. The van der Waals surface area contributed by atoms with Crippen molar-refractivity contribution >= 4 is 19.7 Å². The summed E-state index contributed by atoms with van der Waals surface area (Å²) in [5.74, 6) is -3.80. The second kappa shape index (κ2) is 4.94. The molecule has 0 heterocycles. The lowest BCUT2D eigenvalue weighted by Gasteiger charge is -2.17. The molecule has 8 nitrogen and oxygen atoms in total. The van der Waals surface area contributed by atoms with Gasteiger partial charge in [0, 0.05) is 7.11 Å². The van der Waals surface area contributed by atoms with Gasteiger partial charge in [-0.3, -0.25) is 9.88 Å². The third kappa shape index (κ3) is 3.33. The molecular formula is C5H9NO7P. The first kappa shape index (κ1) is 12.9. The van der Waals surface area contributed by atoms with Crippen LogP contribution < -0.4 is 5.32 Å². The molecule has 2 unspecified atom stereocenters. The van der Waals surface area contributed by atoms with Gasteiger partial charge in [-0.2, -0.15) is 0 Å². The van der Waals surface area contributed by atoms with Crippen LogP contribution in [0.2, 0.25) is 0 Å². The molecule has 0 aliphatic heterocycles. The maximum Gasteiger partial charge on any atom is 0.408 e. The van der Waals surface area contributed by atoms with E-state index in [9.17, 15) is 14.2 Å². The lowest BCUT2D eigenvalue weighted by Crippen LogP contribution is -2.40. The van der Waals surface area contributed by atoms with Crippen LogP contribution in [0, 0.1) is 7.11 Å². The van der Waals surface area contributed by atoms with Crippen LogP contribution in [0.25, 0.3) is 0 Å². The monoisotopic (exact) mass is 226 g/mol. The van der Waals surface area contributed by atoms with E-state index in [1.54, 1.807) is 5.32 Å². The fourth-order valence-electron chi connectivity index (χ4n) is 0.542. The van der Waals surface area contributed by atoms with Crippen LogP contribution in [0.3, 0.4) is 0 Å². The summed E-state index contributed by atoms with van der Waals surface area (Å²) in [7, 11) is -0.916. The molecule has 0 aromatic heterocycles. The average molecular weight is 226 g/mol. The maximum atomic E-state index is 11.0. The second-order valence-electron chi connectivity index (χ2n) is 2.06. The van der Waals surface area contributed by atoms with Crippen LogP contribution in [-0.2, 0) is 18.6 Å². The van der Waals surface area contributed by atoms with Crippen molar-refractivity contribution < 1.29 is 33.4 Å². The summed E-state index contributed by atoms with van der Waals surface area (Å²) in [5, 5.41) is 10.1. The van der Waals surface area contributed by atoms with Crippen LogP contribution in [0.5, 0.6) is 0 Å². The Labute approximate surface area is 79.4 Å². The normalized spacial score (nSPS) is 16.5. The van der Waals surface area contributed by atoms with Gasteiger partial charge < -0.3 is 19.3 Å². The number of rotatable bonds is 4. The van der Waals surface area contributed by atoms with Crippen molar-refractivity contribution in [1.82, 2.24) is 5.32 Å². The van der Waals surface area contributed by atoms with Crippen molar-refractivity contribution in [3.05, 3.63) is 7.11 Å². The number of nitrogens with one attached hydrogen (secondary N) is 1. The minimum absolute atomic E-state index is 0.841. The van der Waals surface area contributed by atoms with Crippen LogP contribution >= 0.6 is 7.60 Å². The van der Waals surface area contributed by atoms with Crippen LogP contribution in [-0.4, -0.2) is 35.0 Å². The Bertz CT molecular complexity index is 277. The smallest absolute Gasteiger partial charge is 0.408 e. The molecule has 0 spiro atoms. The quantitative estimate of drug-likeness (QED) is 0.564. The molecule has 0 bridgehead atoms. The van der Waals surface area contributed by atoms with Crippen molar-refractivity contribution in [2.45, 2.75) is 5.78 Å². The van der Waals surface area contributed by atoms with Crippen molar-refractivity contribution in [1.29, 1.82) is 0 Å². The first-order chi connectivity index (χ1) is 6.35. The Morgan fingerprint density at radius 1 is 1.57 bits per heavy atom. The molecule has 0 aliphatic carbocycles. The predicted molar refractivity (Wildman–Crippen MR) is 43.2 cm³/mol. The number of carboxylic acid groups (broad SMARTS) is 1. The molecule has 2 atom stereocenters. The Hall–Kier alpha value is -1.11. The second-order valence-corrected chi connectivity index (χ2v) is 4.07. The van der Waals surface area contributed by atoms with Gasteiger partial charge in [0.15, 0.2) is 0 Å². The molecule has 9 heteroatoms. The minimum atomic E-state index is -4.45. The van der Waals surface area contributed by atoms with Gasteiger partial charge in [-0.25, -0.2) is 9.59 Å². The molecule has 0 saturated carbocycles. The van der Waals surface area contributed by atoms with Gasteiger partial charge in [0.2, 0.25) is 5.78 Å². The SMILES string of the molecule is [CH2]OC(=O)NC(C(=O)O)P(=O)(O)OC. The van der Waals surface area contributed by atoms with Gasteiger partial charge in [0.05, 0.1) is 0 Å². The van der Waals surface area contributed by atoms with E-state index in [1.165, 1.54) is 0 Å². The van der Waals surface area contributed by atoms with Gasteiger partial charge in [-0.05, 0) is 0 Å². The highest BCUT2D eigenvalue weighted by Gasteiger charge is 2.39. The molecule has 3 N–H and O–H groups in total. The molecule has 0 aromatic rings. The van der Waals surface area contributed by atoms with E-state index in [2.05, 4.69) is 16.4 Å². The Kier molecular flexibility index (Phi) is 4.55. The largest absolute Gasteiger partial charge is 0.479 e. The molecule has 0 fully saturated rings. The summed E-state index contributed by atoms with van der Waals surface area (Å²) < 4.78 is 18.9. The molecule has 81 valence electrons. The summed E-state index contributed by atoms with van der Waals surface area (Å²) in [6.45, 7) is 0. The zero-order valence-electron chi connectivity index (χ0n) is 7.17. The molecular weight excluding hydrogens is 217 g/mol. The molecule has 14 heavy (non-hydrogen) atoms. The van der Waals surface area contributed by atoms with Gasteiger partial charge in [0.1, 0.15) is 7.11 Å². The summed E-state index contributed by atoms with van der Waals surface area (Å²) >= 11 is 0. The highest BCUT2D eigenvalue weighted by Crippen LogP contribution is 2.45. The van der Waals surface area contributed by atoms with Crippen LogP contribution in [0.4, 0.5) is 4.79 Å². The molecule has 0 saturated heterocycles. The summed E-state index contributed by atoms with van der Waals surface area (Å²) in [6, 6.07) is 0. The Morgan fingerprint density at radius 2 is 2.07 bits per heavy atom. The number of hydrogen-bond donors (Lipinski definition) is 3. The van der Waals surface area contributed by atoms with Crippen LogP contribution in [0.15, 0.2) is 0 Å². The van der Waals surface area contributed by atoms with E-state index in [4.69, 9.17) is 10.00 Å². The third-order valence-electron chi connectivity index (χ3n) is 1.21. The Balaban J connectivity index is 4.70. The number of carbonyl (C=O) groups is 2. The van der Waals surface area contributed by atoms with E-state index in [1.807, 2.05) is 0 Å². The number of amides is 1. The number of hydrogen-bond acceptors (Lipinski definition) is 5. The maximum absolute atomic E-state index is 11.0. The zero-order chi connectivity index (χ0) is 11.4. The zero-order valence-corrected chi connectivity index (χ0v) is 8.06. The first-order valence-electron chi connectivity index (χ1n) is 3.18. The van der Waals surface area contributed by atoms with Gasteiger partial charge >= 0.3 is 19.7 Å². The first-order valence-corrected chi connectivity index (χ1v) is 4.83. The van der Waals surface area contributed by atoms with E-state index in [0.29, 0.717) is 0 Å². The summed E-state index contributed by atoms with van der Waals surface area (Å²) in [6.07, 6.45) is -1.25. The van der Waals surface area contributed by atoms with E-state index >= 15 is 0 Å². The topological polar surface area (TPSA) is 122 Å². The van der Waals surface area contributed by atoms with Crippen molar-refractivity contribution in [2.75, 3.05) is 7.11 Å². The van der Waals surface area contributed by atoms with Crippen molar-refractivity contribution in [2.24, 2.45) is 0 Å². The molecule has 1 radical (unpaired) electrons. The number of ether oxygens (including phenoxy) is 1. The number of alkyl carbamates (subject to hydrolysis) is 1. The van der Waals surface area contributed by atoms with E-state index < -0.39 is 25.4 Å². The van der Waals surface area contributed by atoms with E-state index in [0.717, 1.165) is 7.11 Å². The Morgan fingerprint density at radius 3 is 2.36 bits per heavy atom. The molecule has 0 aromatic carbocycles. The number of carboxylic acids is 1. The molecule has 0 rings (SSSR count). The lowest BCUT2D eigenvalue weighted by molar-refractivity contribution is -0.137. The van der Waals surface area contributed by atoms with Crippen molar-refractivity contribution in [3.63, 3.8) is 0 Å². The highest BCUT2D eigenvalue weighted by atomic mass is 31.2. The summed E-state index contributed by atoms with van der Waals surface area (Å²) in [5.41, 5.74) is 0. The highest BCUT2D eigenvalue weighted by molar-refractivity contribution is 7.54. The molecule has 1 amide bonds.